The van der Waals surface area contributed by atoms with Crippen LogP contribution < -0.4 is 10.1 Å². The van der Waals surface area contributed by atoms with Crippen LogP contribution in [0.4, 0.5) is 0 Å². The van der Waals surface area contributed by atoms with E-state index in [2.05, 4.69) is 5.32 Å². The van der Waals surface area contributed by atoms with E-state index in [4.69, 9.17) is 20.8 Å². The van der Waals surface area contributed by atoms with Crippen molar-refractivity contribution in [1.29, 1.82) is 0 Å². The largest absolute Gasteiger partial charge is 0.485 e. The topological polar surface area (TPSA) is 34.4 Å². The molecule has 3 nitrogen and oxygen atoms in total. The van der Waals surface area contributed by atoms with E-state index in [1.165, 1.54) is 0 Å². The number of hydrogen-bond donors (Lipinski definition) is 1. The Bertz CT molecular complexity index is 468. The van der Waals surface area contributed by atoms with E-state index in [1.54, 1.807) is 6.26 Å². The van der Waals surface area contributed by atoms with Crippen molar-refractivity contribution in [3.05, 3.63) is 52.9 Å². The average Bonchev–Trinajstić information content (AvgIpc) is 2.83. The van der Waals surface area contributed by atoms with E-state index in [0.717, 1.165) is 17.1 Å². The molecule has 4 heteroatoms. The second kappa shape index (κ2) is 5.75. The van der Waals surface area contributed by atoms with E-state index in [-0.39, 0.29) is 0 Å². The Balaban J connectivity index is 2.11. The molecule has 2 aromatic rings. The highest BCUT2D eigenvalue weighted by Crippen LogP contribution is 2.26. The second-order valence-electron chi connectivity index (χ2n) is 3.61. The predicted octanol–water partition coefficient (Wildman–Crippen LogP) is 3.23. The molecule has 0 atom stereocenters. The van der Waals surface area contributed by atoms with Crippen LogP contribution in [-0.2, 0) is 13.2 Å². The van der Waals surface area contributed by atoms with Gasteiger partial charge in [0.05, 0.1) is 6.26 Å². The maximum atomic E-state index is 6.13. The van der Waals surface area contributed by atoms with E-state index < -0.39 is 0 Å². The minimum Gasteiger partial charge on any atom is -0.485 e. The van der Waals surface area contributed by atoms with Crippen LogP contribution in [0.2, 0.25) is 5.02 Å². The number of hydrogen-bond acceptors (Lipinski definition) is 3. The van der Waals surface area contributed by atoms with Gasteiger partial charge in [-0.25, -0.2) is 0 Å². The SMILES string of the molecule is CNCc1c(Cl)cccc1OCc1ccco1. The molecule has 17 heavy (non-hydrogen) atoms. The van der Waals surface area contributed by atoms with Gasteiger partial charge in [-0.2, -0.15) is 0 Å². The first kappa shape index (κ1) is 12.0. The smallest absolute Gasteiger partial charge is 0.146 e. The van der Waals surface area contributed by atoms with Crippen LogP contribution in [0, 0.1) is 0 Å². The van der Waals surface area contributed by atoms with Crippen molar-refractivity contribution in [2.24, 2.45) is 0 Å². The van der Waals surface area contributed by atoms with Gasteiger partial charge in [0.2, 0.25) is 0 Å². The van der Waals surface area contributed by atoms with Gasteiger partial charge in [0.15, 0.2) is 0 Å². The lowest BCUT2D eigenvalue weighted by atomic mass is 10.2. The summed E-state index contributed by atoms with van der Waals surface area (Å²) in [5, 5.41) is 3.78. The summed E-state index contributed by atoms with van der Waals surface area (Å²) in [5.41, 5.74) is 0.961. The number of rotatable bonds is 5. The summed E-state index contributed by atoms with van der Waals surface area (Å²) in [6, 6.07) is 9.35. The van der Waals surface area contributed by atoms with Gasteiger partial charge < -0.3 is 14.5 Å². The molecule has 0 unspecified atom stereocenters. The number of furan rings is 1. The highest BCUT2D eigenvalue weighted by atomic mass is 35.5. The second-order valence-corrected chi connectivity index (χ2v) is 4.02. The summed E-state index contributed by atoms with van der Waals surface area (Å²) in [4.78, 5) is 0. The third kappa shape index (κ3) is 3.02. The standard InChI is InChI=1S/C13H14ClNO2/c1-15-8-11-12(14)5-2-6-13(11)17-9-10-4-3-7-16-10/h2-7,15H,8-9H2,1H3. The molecule has 0 amide bonds. The lowest BCUT2D eigenvalue weighted by molar-refractivity contribution is 0.267. The van der Waals surface area contributed by atoms with E-state index in [0.29, 0.717) is 18.2 Å². The lowest BCUT2D eigenvalue weighted by Gasteiger charge is -2.11. The van der Waals surface area contributed by atoms with Crippen molar-refractivity contribution in [1.82, 2.24) is 5.32 Å². The van der Waals surface area contributed by atoms with Gasteiger partial charge in [-0.1, -0.05) is 17.7 Å². The Hall–Kier alpha value is -1.45. The molecular formula is C13H14ClNO2. The third-order valence-electron chi connectivity index (χ3n) is 2.38. The maximum absolute atomic E-state index is 6.13. The van der Waals surface area contributed by atoms with Crippen molar-refractivity contribution in [2.75, 3.05) is 7.05 Å². The number of halogens is 1. The fourth-order valence-electron chi connectivity index (χ4n) is 1.57. The summed E-state index contributed by atoms with van der Waals surface area (Å²) in [6.07, 6.45) is 1.63. The summed E-state index contributed by atoms with van der Waals surface area (Å²) < 4.78 is 10.9. The Morgan fingerprint density at radius 3 is 2.88 bits per heavy atom. The van der Waals surface area contributed by atoms with Gasteiger partial charge in [0.1, 0.15) is 18.1 Å². The van der Waals surface area contributed by atoms with Gasteiger partial charge in [-0.15, -0.1) is 0 Å². The maximum Gasteiger partial charge on any atom is 0.146 e. The Labute approximate surface area is 105 Å². The van der Waals surface area contributed by atoms with Gasteiger partial charge >= 0.3 is 0 Å². The summed E-state index contributed by atoms with van der Waals surface area (Å²) in [7, 11) is 1.87. The van der Waals surface area contributed by atoms with Gasteiger partial charge in [0, 0.05) is 17.1 Å². The quantitative estimate of drug-likeness (QED) is 0.886. The Kier molecular flexibility index (Phi) is 4.07. The highest BCUT2D eigenvalue weighted by Gasteiger charge is 2.08. The molecule has 2 rings (SSSR count). The molecule has 0 aliphatic rings. The minimum absolute atomic E-state index is 0.407. The van der Waals surface area contributed by atoms with E-state index in [1.807, 2.05) is 37.4 Å². The molecule has 0 fully saturated rings. The third-order valence-corrected chi connectivity index (χ3v) is 2.73. The molecule has 0 radical (unpaired) electrons. The van der Waals surface area contributed by atoms with Crippen molar-refractivity contribution in [2.45, 2.75) is 13.2 Å². The van der Waals surface area contributed by atoms with Crippen molar-refractivity contribution < 1.29 is 9.15 Å². The van der Waals surface area contributed by atoms with Crippen molar-refractivity contribution in [3.8, 4) is 5.75 Å². The van der Waals surface area contributed by atoms with Gasteiger partial charge in [-0.3, -0.25) is 0 Å². The van der Waals surface area contributed by atoms with E-state index >= 15 is 0 Å². The fourth-order valence-corrected chi connectivity index (χ4v) is 1.80. The number of ether oxygens (including phenoxy) is 1. The Morgan fingerprint density at radius 1 is 1.29 bits per heavy atom. The van der Waals surface area contributed by atoms with Gasteiger partial charge in [-0.05, 0) is 31.3 Å². The molecule has 0 aliphatic carbocycles. The molecule has 0 spiro atoms. The molecule has 0 aliphatic heterocycles. The first-order valence-electron chi connectivity index (χ1n) is 5.38. The number of nitrogens with one attached hydrogen (secondary N) is 1. The van der Waals surface area contributed by atoms with Crippen LogP contribution in [0.25, 0.3) is 0 Å². The zero-order valence-corrected chi connectivity index (χ0v) is 10.3. The van der Waals surface area contributed by atoms with E-state index in [9.17, 15) is 0 Å². The first-order valence-corrected chi connectivity index (χ1v) is 5.76. The zero-order valence-electron chi connectivity index (χ0n) is 9.57. The predicted molar refractivity (Wildman–Crippen MR) is 67.3 cm³/mol. The van der Waals surface area contributed by atoms with Crippen LogP contribution >= 0.6 is 11.6 Å². The van der Waals surface area contributed by atoms with Crippen LogP contribution in [-0.4, -0.2) is 7.05 Å². The lowest BCUT2D eigenvalue weighted by Crippen LogP contribution is -2.08. The molecule has 1 aromatic carbocycles. The molecule has 1 aromatic heterocycles. The molecule has 0 bridgehead atoms. The minimum atomic E-state index is 0.407. The summed E-state index contributed by atoms with van der Waals surface area (Å²) in [6.45, 7) is 1.08. The molecule has 1 N–H and O–H groups in total. The molecule has 90 valence electrons. The average molecular weight is 252 g/mol. The summed E-state index contributed by atoms with van der Waals surface area (Å²) in [5.74, 6) is 1.57. The summed E-state index contributed by atoms with van der Waals surface area (Å²) >= 11 is 6.13. The highest BCUT2D eigenvalue weighted by molar-refractivity contribution is 6.31. The fraction of sp³-hybridized carbons (Fsp3) is 0.231. The van der Waals surface area contributed by atoms with Crippen LogP contribution in [0.3, 0.4) is 0 Å². The molecule has 0 saturated carbocycles. The normalized spacial score (nSPS) is 10.5. The Morgan fingerprint density at radius 2 is 2.18 bits per heavy atom. The van der Waals surface area contributed by atoms with Gasteiger partial charge in [0.25, 0.3) is 0 Å². The van der Waals surface area contributed by atoms with Crippen LogP contribution in [0.5, 0.6) is 5.75 Å². The van der Waals surface area contributed by atoms with Crippen molar-refractivity contribution >= 4 is 11.6 Å². The van der Waals surface area contributed by atoms with Crippen LogP contribution in [0.15, 0.2) is 41.0 Å². The molecular weight excluding hydrogens is 238 g/mol. The zero-order chi connectivity index (χ0) is 12.1. The van der Waals surface area contributed by atoms with Crippen molar-refractivity contribution in [3.63, 3.8) is 0 Å². The van der Waals surface area contributed by atoms with Crippen LogP contribution in [0.1, 0.15) is 11.3 Å². The molecule has 1 heterocycles. The first-order chi connectivity index (χ1) is 8.31. The monoisotopic (exact) mass is 251 g/mol. The molecule has 0 saturated heterocycles. The number of benzene rings is 1.